The van der Waals surface area contributed by atoms with Crippen molar-refractivity contribution in [2.45, 2.75) is 0 Å². The van der Waals surface area contributed by atoms with Crippen molar-refractivity contribution in [3.05, 3.63) is 36.2 Å². The summed E-state index contributed by atoms with van der Waals surface area (Å²) >= 11 is 0. The molecule has 1 aromatic carbocycles. The number of aromatic nitrogens is 3. The highest BCUT2D eigenvalue weighted by Gasteiger charge is 2.14. The molecule has 0 fully saturated rings. The first-order chi connectivity index (χ1) is 8.22. The molecule has 0 aliphatic carbocycles. The van der Waals surface area contributed by atoms with Gasteiger partial charge in [-0.15, -0.1) is 0 Å². The second-order valence-corrected chi connectivity index (χ2v) is 3.97. The maximum Gasteiger partial charge on any atom is 0.215 e. The lowest BCUT2D eigenvalue weighted by atomic mass is 10.3. The Balaban J connectivity index is 2.37. The average Bonchev–Trinajstić information content (AvgIpc) is 2.90. The summed E-state index contributed by atoms with van der Waals surface area (Å²) in [6, 6.07) is 7.97. The molecular weight excluding hydrogens is 216 g/mol. The molecule has 0 amide bonds. The lowest BCUT2D eigenvalue weighted by Crippen LogP contribution is -2.13. The first-order valence-electron chi connectivity index (χ1n) is 5.38. The third kappa shape index (κ3) is 1.29. The number of nitrogens with two attached hydrogens (primary N) is 1. The molecule has 17 heavy (non-hydrogen) atoms. The number of carbonyl (C=O) groups excluding carboxylic acids is 1. The van der Waals surface area contributed by atoms with Crippen LogP contribution in [0.1, 0.15) is 10.5 Å². The Morgan fingerprint density at radius 2 is 2.06 bits per heavy atom. The Kier molecular flexibility index (Phi) is 2.02. The predicted octanol–water partition coefficient (Wildman–Crippen LogP) is 0.967. The fraction of sp³-hybridized carbons (Fsp3) is 0.167. The van der Waals surface area contributed by atoms with Gasteiger partial charge in [-0.3, -0.25) is 9.20 Å². The fourth-order valence-corrected chi connectivity index (χ4v) is 2.08. The minimum absolute atomic E-state index is 0.0121. The highest BCUT2D eigenvalue weighted by molar-refractivity contribution is 5.96. The third-order valence-corrected chi connectivity index (χ3v) is 2.96. The molecule has 5 nitrogen and oxygen atoms in total. The Labute approximate surface area is 97.5 Å². The zero-order valence-electron chi connectivity index (χ0n) is 9.42. The van der Waals surface area contributed by atoms with Crippen LogP contribution >= 0.6 is 0 Å². The minimum Gasteiger partial charge on any atom is -0.324 e. The maximum absolute atomic E-state index is 11.5. The maximum atomic E-state index is 11.5. The normalized spacial score (nSPS) is 11.4. The third-order valence-electron chi connectivity index (χ3n) is 2.96. The monoisotopic (exact) mass is 228 g/mol. The summed E-state index contributed by atoms with van der Waals surface area (Å²) in [4.78, 5) is 15.8. The van der Waals surface area contributed by atoms with E-state index in [0.29, 0.717) is 5.69 Å². The number of aryl methyl sites for hydroxylation is 1. The molecule has 86 valence electrons. The number of imidazole rings is 2. The summed E-state index contributed by atoms with van der Waals surface area (Å²) in [5.74, 6) is 0.612. The Hall–Kier alpha value is -2.14. The van der Waals surface area contributed by atoms with E-state index >= 15 is 0 Å². The van der Waals surface area contributed by atoms with Crippen molar-refractivity contribution in [1.82, 2.24) is 14.0 Å². The lowest BCUT2D eigenvalue weighted by molar-refractivity contribution is 0.0997. The quantitative estimate of drug-likeness (QED) is 0.664. The second kappa shape index (κ2) is 3.43. The van der Waals surface area contributed by atoms with E-state index in [4.69, 9.17) is 5.73 Å². The molecule has 0 atom stereocenters. The van der Waals surface area contributed by atoms with Crippen LogP contribution in [0.2, 0.25) is 0 Å². The van der Waals surface area contributed by atoms with Crippen LogP contribution in [-0.2, 0) is 7.05 Å². The van der Waals surface area contributed by atoms with E-state index in [1.807, 2.05) is 40.3 Å². The van der Waals surface area contributed by atoms with Crippen molar-refractivity contribution >= 4 is 22.6 Å². The summed E-state index contributed by atoms with van der Waals surface area (Å²) in [6.45, 7) is -0.0121. The molecule has 2 heterocycles. The number of fused-ring (bicyclic) bond motifs is 3. The molecule has 0 radical (unpaired) electrons. The number of hydrogen-bond acceptors (Lipinski definition) is 3. The lowest BCUT2D eigenvalue weighted by Gasteiger charge is -1.94. The Morgan fingerprint density at radius 3 is 2.76 bits per heavy atom. The first kappa shape index (κ1) is 10.0. The average molecular weight is 228 g/mol. The van der Waals surface area contributed by atoms with Gasteiger partial charge in [-0.25, -0.2) is 4.98 Å². The van der Waals surface area contributed by atoms with Crippen molar-refractivity contribution in [2.75, 3.05) is 6.54 Å². The number of hydrogen-bond donors (Lipinski definition) is 1. The molecule has 0 saturated heterocycles. The number of rotatable bonds is 2. The van der Waals surface area contributed by atoms with Crippen molar-refractivity contribution in [1.29, 1.82) is 0 Å². The van der Waals surface area contributed by atoms with Gasteiger partial charge in [-0.2, -0.15) is 0 Å². The Morgan fingerprint density at radius 1 is 1.35 bits per heavy atom. The van der Waals surface area contributed by atoms with Gasteiger partial charge >= 0.3 is 0 Å². The molecule has 0 aliphatic rings. The molecule has 0 spiro atoms. The van der Waals surface area contributed by atoms with E-state index in [0.717, 1.165) is 16.8 Å². The number of carbonyl (C=O) groups is 1. The van der Waals surface area contributed by atoms with Gasteiger partial charge in [-0.05, 0) is 12.1 Å². The van der Waals surface area contributed by atoms with Crippen molar-refractivity contribution < 1.29 is 4.79 Å². The summed E-state index contributed by atoms with van der Waals surface area (Å²) in [5.41, 5.74) is 7.88. The molecule has 0 aliphatic heterocycles. The zero-order chi connectivity index (χ0) is 12.0. The van der Waals surface area contributed by atoms with Gasteiger partial charge in [0.2, 0.25) is 5.78 Å². The van der Waals surface area contributed by atoms with Gasteiger partial charge in [-0.1, -0.05) is 12.1 Å². The molecule has 3 aromatic rings. The molecule has 2 aromatic heterocycles. The molecule has 3 rings (SSSR count). The van der Waals surface area contributed by atoms with Crippen LogP contribution in [0.5, 0.6) is 0 Å². The molecule has 2 N–H and O–H groups in total. The van der Waals surface area contributed by atoms with Crippen LogP contribution in [0, 0.1) is 0 Å². The number of para-hydroxylation sites is 2. The number of ketones is 1. The van der Waals surface area contributed by atoms with Gasteiger partial charge in [0, 0.05) is 13.2 Å². The highest BCUT2D eigenvalue weighted by Crippen LogP contribution is 2.19. The molecule has 5 heteroatoms. The van der Waals surface area contributed by atoms with E-state index < -0.39 is 0 Å². The van der Waals surface area contributed by atoms with Gasteiger partial charge in [0.25, 0.3) is 0 Å². The van der Waals surface area contributed by atoms with Crippen LogP contribution < -0.4 is 5.73 Å². The number of Topliss-reactive ketones (excluding diaryl/α,β-unsaturated/α-hetero) is 1. The SMILES string of the molecule is Cn1c2ccccc2n2cc(C(=O)CN)nc12. The first-order valence-corrected chi connectivity index (χ1v) is 5.38. The fourth-order valence-electron chi connectivity index (χ4n) is 2.08. The largest absolute Gasteiger partial charge is 0.324 e. The van der Waals surface area contributed by atoms with Gasteiger partial charge in [0.15, 0.2) is 5.78 Å². The van der Waals surface area contributed by atoms with Crippen molar-refractivity contribution in [2.24, 2.45) is 12.8 Å². The van der Waals surface area contributed by atoms with E-state index in [1.54, 1.807) is 6.20 Å². The zero-order valence-corrected chi connectivity index (χ0v) is 9.42. The summed E-state index contributed by atoms with van der Waals surface area (Å²) in [6.07, 6.45) is 1.74. The summed E-state index contributed by atoms with van der Waals surface area (Å²) in [5, 5.41) is 0. The van der Waals surface area contributed by atoms with Gasteiger partial charge < -0.3 is 10.3 Å². The van der Waals surface area contributed by atoms with Crippen molar-refractivity contribution in [3.8, 4) is 0 Å². The van der Waals surface area contributed by atoms with Crippen LogP contribution in [-0.4, -0.2) is 26.3 Å². The standard InChI is InChI=1S/C12H12N4O/c1-15-9-4-2-3-5-10(9)16-7-8(11(17)6-13)14-12(15)16/h2-5,7H,6,13H2,1H3. The van der Waals surface area contributed by atoms with Crippen LogP contribution in [0.25, 0.3) is 16.8 Å². The van der Waals surface area contributed by atoms with E-state index in [9.17, 15) is 4.79 Å². The molecule has 0 bridgehead atoms. The molecular formula is C12H12N4O. The van der Waals surface area contributed by atoms with Crippen LogP contribution in [0.15, 0.2) is 30.5 Å². The Bertz CT molecular complexity index is 723. The van der Waals surface area contributed by atoms with Crippen LogP contribution in [0.4, 0.5) is 0 Å². The highest BCUT2D eigenvalue weighted by atomic mass is 16.1. The van der Waals surface area contributed by atoms with Gasteiger partial charge in [0.1, 0.15) is 5.69 Å². The summed E-state index contributed by atoms with van der Waals surface area (Å²) < 4.78 is 3.88. The van der Waals surface area contributed by atoms with E-state index in [2.05, 4.69) is 4.98 Å². The second-order valence-electron chi connectivity index (χ2n) is 3.97. The number of nitrogens with zero attached hydrogens (tertiary/aromatic N) is 3. The molecule has 0 saturated carbocycles. The smallest absolute Gasteiger partial charge is 0.215 e. The van der Waals surface area contributed by atoms with E-state index in [-0.39, 0.29) is 12.3 Å². The van der Waals surface area contributed by atoms with E-state index in [1.165, 1.54) is 0 Å². The van der Waals surface area contributed by atoms with Crippen molar-refractivity contribution in [3.63, 3.8) is 0 Å². The predicted molar refractivity (Wildman–Crippen MR) is 65.1 cm³/mol. The topological polar surface area (TPSA) is 65.3 Å². The number of benzene rings is 1. The minimum atomic E-state index is -0.141. The summed E-state index contributed by atoms with van der Waals surface area (Å²) in [7, 11) is 1.93. The van der Waals surface area contributed by atoms with Gasteiger partial charge in [0.05, 0.1) is 17.6 Å². The molecule has 0 unspecified atom stereocenters. The van der Waals surface area contributed by atoms with Crippen LogP contribution in [0.3, 0.4) is 0 Å².